The van der Waals surface area contributed by atoms with Crippen molar-refractivity contribution < 1.29 is 14.0 Å². The number of amides is 1. The molecule has 0 radical (unpaired) electrons. The van der Waals surface area contributed by atoms with E-state index < -0.39 is 0 Å². The van der Waals surface area contributed by atoms with Crippen LogP contribution in [0.5, 0.6) is 0 Å². The van der Waals surface area contributed by atoms with Crippen molar-refractivity contribution in [3.63, 3.8) is 0 Å². The lowest BCUT2D eigenvalue weighted by Gasteiger charge is -2.24. The number of carbonyl (C=O) groups excluding carboxylic acids is 1. The highest BCUT2D eigenvalue weighted by molar-refractivity contribution is 5.66. The third-order valence-corrected chi connectivity index (χ3v) is 4.57. The summed E-state index contributed by atoms with van der Waals surface area (Å²) >= 11 is 0. The summed E-state index contributed by atoms with van der Waals surface area (Å²) < 4.78 is 5.87. The molecule has 6 heteroatoms. The van der Waals surface area contributed by atoms with E-state index in [1.807, 2.05) is 20.2 Å². The first-order valence-electron chi connectivity index (χ1n) is 9.60. The minimum atomic E-state index is -0.379. The molecule has 1 aliphatic heterocycles. The van der Waals surface area contributed by atoms with Crippen molar-refractivity contribution in [1.29, 1.82) is 0 Å². The molecule has 1 aromatic carbocycles. The molecule has 0 fully saturated rings. The first kappa shape index (κ1) is 19.5. The molecule has 1 amide bonds. The maximum absolute atomic E-state index is 12.0. The van der Waals surface area contributed by atoms with E-state index in [1.165, 1.54) is 5.56 Å². The average Bonchev–Trinajstić information content (AvgIpc) is 3.03. The topological polar surface area (TPSA) is 58.0 Å². The number of nitrogens with one attached hydrogen (secondary N) is 1. The lowest BCUT2D eigenvalue weighted by molar-refractivity contribution is -0.112. The van der Waals surface area contributed by atoms with E-state index in [1.54, 1.807) is 5.06 Å². The molecule has 0 saturated heterocycles. The maximum Gasteiger partial charge on any atom is 0.426 e. The highest BCUT2D eigenvalue weighted by Crippen LogP contribution is 2.23. The van der Waals surface area contributed by atoms with Gasteiger partial charge < -0.3 is 19.5 Å². The fraction of sp³-hybridized carbons (Fsp3) is 0.476. The molecule has 0 bridgehead atoms. The number of benzene rings is 1. The normalized spacial score (nSPS) is 14.2. The Morgan fingerprint density at radius 3 is 2.85 bits per heavy atom. The quantitative estimate of drug-likeness (QED) is 0.721. The van der Waals surface area contributed by atoms with Crippen LogP contribution >= 0.6 is 0 Å². The van der Waals surface area contributed by atoms with Crippen LogP contribution in [0.1, 0.15) is 35.5 Å². The van der Waals surface area contributed by atoms with Crippen LogP contribution in [-0.4, -0.2) is 43.2 Å². The van der Waals surface area contributed by atoms with Crippen molar-refractivity contribution >= 4 is 6.09 Å². The minimum Gasteiger partial charge on any atom is -0.464 e. The van der Waals surface area contributed by atoms with E-state index in [-0.39, 0.29) is 6.09 Å². The molecule has 0 atom stereocenters. The Morgan fingerprint density at radius 1 is 1.26 bits per heavy atom. The molecule has 2 heterocycles. The Balaban J connectivity index is 1.34. The number of aryl methyl sites for hydroxylation is 1. The summed E-state index contributed by atoms with van der Waals surface area (Å²) in [6.45, 7) is 2.64. The maximum atomic E-state index is 12.0. The van der Waals surface area contributed by atoms with Gasteiger partial charge in [-0.15, -0.1) is 5.06 Å². The Kier molecular flexibility index (Phi) is 6.90. The van der Waals surface area contributed by atoms with Gasteiger partial charge in [-0.25, -0.2) is 4.79 Å². The monoisotopic (exact) mass is 371 g/mol. The summed E-state index contributed by atoms with van der Waals surface area (Å²) in [5.74, 6) is 1.96. The Labute approximate surface area is 161 Å². The zero-order chi connectivity index (χ0) is 19.1. The van der Waals surface area contributed by atoms with Gasteiger partial charge in [-0.1, -0.05) is 30.3 Å². The number of hydrogen-bond donors (Lipinski definition) is 1. The number of fused-ring (bicyclic) bond motifs is 1. The van der Waals surface area contributed by atoms with Crippen molar-refractivity contribution in [2.75, 3.05) is 27.2 Å². The van der Waals surface area contributed by atoms with Crippen LogP contribution in [0.3, 0.4) is 0 Å². The molecule has 0 unspecified atom stereocenters. The van der Waals surface area contributed by atoms with Crippen LogP contribution in [0, 0.1) is 0 Å². The predicted octanol–water partition coefficient (Wildman–Crippen LogP) is 3.36. The van der Waals surface area contributed by atoms with Crippen LogP contribution < -0.4 is 5.32 Å². The lowest BCUT2D eigenvalue weighted by atomic mass is 10.1. The molecule has 0 spiro atoms. The van der Waals surface area contributed by atoms with Crippen molar-refractivity contribution in [2.45, 2.75) is 38.8 Å². The molecule has 2 aromatic rings. The van der Waals surface area contributed by atoms with Crippen molar-refractivity contribution in [2.24, 2.45) is 0 Å². The van der Waals surface area contributed by atoms with E-state index in [4.69, 9.17) is 9.25 Å². The minimum absolute atomic E-state index is 0.379. The molecule has 146 valence electrons. The first-order chi connectivity index (χ1) is 13.1. The fourth-order valence-electron chi connectivity index (χ4n) is 3.28. The van der Waals surface area contributed by atoms with Gasteiger partial charge in [-0.2, -0.15) is 0 Å². The van der Waals surface area contributed by atoms with Crippen molar-refractivity contribution in [3.8, 4) is 0 Å². The number of unbranched alkanes of at least 4 members (excludes halogenated alkanes) is 1. The predicted molar refractivity (Wildman–Crippen MR) is 104 cm³/mol. The average molecular weight is 371 g/mol. The SMILES string of the molecule is CN(C)Cc1cc2c(o1)CCN(OC(=O)NCCCCc1ccccc1)C2. The molecular formula is C21H29N3O3. The van der Waals surface area contributed by atoms with Gasteiger partial charge in [0.2, 0.25) is 0 Å². The number of hydrogen-bond acceptors (Lipinski definition) is 5. The molecule has 1 aromatic heterocycles. The van der Waals surface area contributed by atoms with Crippen LogP contribution in [-0.2, 0) is 30.8 Å². The summed E-state index contributed by atoms with van der Waals surface area (Å²) in [6, 6.07) is 12.5. The smallest absolute Gasteiger partial charge is 0.426 e. The largest absolute Gasteiger partial charge is 0.464 e. The van der Waals surface area contributed by atoms with Crippen molar-refractivity contribution in [1.82, 2.24) is 15.3 Å². The van der Waals surface area contributed by atoms with E-state index in [0.717, 1.165) is 49.3 Å². The second kappa shape index (κ2) is 9.58. The first-order valence-corrected chi connectivity index (χ1v) is 9.60. The van der Waals surface area contributed by atoms with Crippen molar-refractivity contribution in [3.05, 3.63) is 59.0 Å². The molecule has 3 rings (SSSR count). The Bertz CT molecular complexity index is 728. The number of furan rings is 1. The number of carbonyl (C=O) groups is 1. The number of hydroxylamine groups is 2. The van der Waals surface area contributed by atoms with Gasteiger partial charge in [-0.05, 0) is 45.0 Å². The zero-order valence-corrected chi connectivity index (χ0v) is 16.2. The molecule has 27 heavy (non-hydrogen) atoms. The highest BCUT2D eigenvalue weighted by atomic mass is 16.7. The van der Waals surface area contributed by atoms with Gasteiger partial charge in [0.05, 0.1) is 13.1 Å². The van der Waals surface area contributed by atoms with Gasteiger partial charge in [0.1, 0.15) is 11.5 Å². The summed E-state index contributed by atoms with van der Waals surface area (Å²) in [5.41, 5.74) is 2.44. The molecule has 0 aliphatic carbocycles. The summed E-state index contributed by atoms with van der Waals surface area (Å²) in [5, 5.41) is 4.54. The third-order valence-electron chi connectivity index (χ3n) is 4.57. The zero-order valence-electron chi connectivity index (χ0n) is 16.2. The standard InChI is InChI=1S/C21H29N3O3/c1-23(2)16-19-14-18-15-24(13-11-20(18)26-19)27-21(25)22-12-7-6-10-17-8-4-3-5-9-17/h3-5,8-9,14H,6-7,10-13,15-16H2,1-2H3,(H,22,25). The lowest BCUT2D eigenvalue weighted by Crippen LogP contribution is -2.37. The Morgan fingerprint density at radius 2 is 2.07 bits per heavy atom. The van der Waals surface area contributed by atoms with Gasteiger partial charge in [0.15, 0.2) is 0 Å². The second-order valence-electron chi connectivity index (χ2n) is 7.26. The number of rotatable bonds is 8. The van der Waals surface area contributed by atoms with Gasteiger partial charge in [0.25, 0.3) is 0 Å². The van der Waals surface area contributed by atoms with Gasteiger partial charge in [-0.3, -0.25) is 0 Å². The molecular weight excluding hydrogens is 342 g/mol. The third kappa shape index (κ3) is 6.12. The molecule has 1 N–H and O–H groups in total. The van der Waals surface area contributed by atoms with Gasteiger partial charge in [0, 0.05) is 25.1 Å². The fourth-order valence-corrected chi connectivity index (χ4v) is 3.28. The second-order valence-corrected chi connectivity index (χ2v) is 7.26. The van der Waals surface area contributed by atoms with E-state index >= 15 is 0 Å². The molecule has 1 aliphatic rings. The summed E-state index contributed by atoms with van der Waals surface area (Å²) in [6.07, 6.45) is 3.38. The van der Waals surface area contributed by atoms with Crippen LogP contribution in [0.4, 0.5) is 4.79 Å². The number of nitrogens with zero attached hydrogens (tertiary/aromatic N) is 2. The highest BCUT2D eigenvalue weighted by Gasteiger charge is 2.23. The summed E-state index contributed by atoms with van der Waals surface area (Å²) in [7, 11) is 4.03. The van der Waals surface area contributed by atoms with Gasteiger partial charge >= 0.3 is 6.09 Å². The Hall–Kier alpha value is -2.31. The van der Waals surface area contributed by atoms with E-state index in [0.29, 0.717) is 19.6 Å². The van der Waals surface area contributed by atoms with E-state index in [2.05, 4.69) is 40.5 Å². The molecule has 6 nitrogen and oxygen atoms in total. The molecule has 0 saturated carbocycles. The van der Waals surface area contributed by atoms with Crippen LogP contribution in [0.25, 0.3) is 0 Å². The van der Waals surface area contributed by atoms with E-state index in [9.17, 15) is 4.79 Å². The summed E-state index contributed by atoms with van der Waals surface area (Å²) in [4.78, 5) is 19.5. The van der Waals surface area contributed by atoms with Crippen LogP contribution in [0.2, 0.25) is 0 Å². The van der Waals surface area contributed by atoms with Crippen LogP contribution in [0.15, 0.2) is 40.8 Å².